The van der Waals surface area contributed by atoms with Crippen molar-refractivity contribution in [1.82, 2.24) is 4.90 Å². The highest BCUT2D eigenvalue weighted by Crippen LogP contribution is 2.19. The Hall–Kier alpha value is -0.830. The molecule has 1 N–H and O–H groups in total. The molecule has 1 saturated heterocycles. The molecule has 15 heavy (non-hydrogen) atoms. The molecule has 0 aromatic rings. The summed E-state index contributed by atoms with van der Waals surface area (Å²) in [7, 11) is 0. The number of carboxylic acid groups (broad SMARTS) is 1. The molecule has 3 heteroatoms. The summed E-state index contributed by atoms with van der Waals surface area (Å²) in [4.78, 5) is 12.8. The standard InChI is InChI=1S/C12H21NO2/c1-3-11-5-4-6-13(9-11)8-10(2)7-12(14)15/h7,11H,3-6,8-9H2,1-2H3,(H,14,15). The summed E-state index contributed by atoms with van der Waals surface area (Å²) in [5, 5.41) is 8.62. The Bertz CT molecular complexity index is 248. The van der Waals surface area contributed by atoms with Crippen molar-refractivity contribution in [2.45, 2.75) is 33.1 Å². The van der Waals surface area contributed by atoms with Crippen molar-refractivity contribution < 1.29 is 9.90 Å². The third-order valence-corrected chi connectivity index (χ3v) is 3.02. The maximum atomic E-state index is 10.5. The van der Waals surface area contributed by atoms with E-state index in [1.165, 1.54) is 25.3 Å². The van der Waals surface area contributed by atoms with Gasteiger partial charge in [0.05, 0.1) is 0 Å². The molecule has 1 rings (SSSR count). The fourth-order valence-corrected chi connectivity index (χ4v) is 2.24. The molecule has 1 unspecified atom stereocenters. The normalized spacial score (nSPS) is 24.1. The van der Waals surface area contributed by atoms with Gasteiger partial charge in [0.25, 0.3) is 0 Å². The Morgan fingerprint density at radius 1 is 1.60 bits per heavy atom. The van der Waals surface area contributed by atoms with Crippen LogP contribution in [0.4, 0.5) is 0 Å². The Balaban J connectivity index is 2.41. The Morgan fingerprint density at radius 3 is 2.93 bits per heavy atom. The lowest BCUT2D eigenvalue weighted by Gasteiger charge is -2.32. The molecular formula is C12H21NO2. The first-order valence-electron chi connectivity index (χ1n) is 5.74. The van der Waals surface area contributed by atoms with Crippen LogP contribution in [-0.2, 0) is 4.79 Å². The molecule has 1 aliphatic heterocycles. The van der Waals surface area contributed by atoms with Gasteiger partial charge in [-0.2, -0.15) is 0 Å². The molecule has 0 amide bonds. The van der Waals surface area contributed by atoms with E-state index in [0.717, 1.165) is 31.1 Å². The molecule has 0 saturated carbocycles. The van der Waals surface area contributed by atoms with Crippen LogP contribution in [0.5, 0.6) is 0 Å². The summed E-state index contributed by atoms with van der Waals surface area (Å²) in [6.07, 6.45) is 5.13. The third-order valence-electron chi connectivity index (χ3n) is 3.02. The molecule has 0 aliphatic carbocycles. The van der Waals surface area contributed by atoms with Crippen molar-refractivity contribution in [3.8, 4) is 0 Å². The number of likely N-dealkylation sites (tertiary alicyclic amines) is 1. The van der Waals surface area contributed by atoms with Gasteiger partial charge < -0.3 is 5.11 Å². The monoisotopic (exact) mass is 211 g/mol. The van der Waals surface area contributed by atoms with Gasteiger partial charge in [0.1, 0.15) is 0 Å². The lowest BCUT2D eigenvalue weighted by Crippen LogP contribution is -2.36. The summed E-state index contributed by atoms with van der Waals surface area (Å²) in [5.41, 5.74) is 0.944. The molecule has 1 fully saturated rings. The molecular weight excluding hydrogens is 190 g/mol. The minimum atomic E-state index is -0.837. The predicted molar refractivity (Wildman–Crippen MR) is 60.8 cm³/mol. The quantitative estimate of drug-likeness (QED) is 0.724. The van der Waals surface area contributed by atoms with Gasteiger partial charge in [0.15, 0.2) is 0 Å². The van der Waals surface area contributed by atoms with Crippen LogP contribution in [0.1, 0.15) is 33.1 Å². The van der Waals surface area contributed by atoms with Crippen LogP contribution in [0, 0.1) is 5.92 Å². The van der Waals surface area contributed by atoms with Gasteiger partial charge in [-0.1, -0.05) is 18.9 Å². The lowest BCUT2D eigenvalue weighted by molar-refractivity contribution is -0.131. The second-order valence-corrected chi connectivity index (χ2v) is 4.48. The Morgan fingerprint density at radius 2 is 2.33 bits per heavy atom. The number of hydrogen-bond donors (Lipinski definition) is 1. The van der Waals surface area contributed by atoms with E-state index in [1.807, 2.05) is 6.92 Å². The number of carboxylic acids is 1. The van der Waals surface area contributed by atoms with Gasteiger partial charge in [0, 0.05) is 19.2 Å². The SMILES string of the molecule is CCC1CCCN(CC(C)=CC(=O)O)C1. The van der Waals surface area contributed by atoms with Crippen molar-refractivity contribution in [2.24, 2.45) is 5.92 Å². The van der Waals surface area contributed by atoms with Crippen molar-refractivity contribution in [2.75, 3.05) is 19.6 Å². The van der Waals surface area contributed by atoms with E-state index in [0.29, 0.717) is 0 Å². The average molecular weight is 211 g/mol. The van der Waals surface area contributed by atoms with E-state index >= 15 is 0 Å². The van der Waals surface area contributed by atoms with Gasteiger partial charge >= 0.3 is 5.97 Å². The summed E-state index contributed by atoms with van der Waals surface area (Å²) < 4.78 is 0. The number of hydrogen-bond acceptors (Lipinski definition) is 2. The van der Waals surface area contributed by atoms with E-state index < -0.39 is 5.97 Å². The molecule has 1 heterocycles. The zero-order valence-corrected chi connectivity index (χ0v) is 9.70. The molecule has 0 radical (unpaired) electrons. The number of nitrogens with zero attached hydrogens (tertiary/aromatic N) is 1. The van der Waals surface area contributed by atoms with Gasteiger partial charge in [0.2, 0.25) is 0 Å². The van der Waals surface area contributed by atoms with Crippen LogP contribution in [0.2, 0.25) is 0 Å². The van der Waals surface area contributed by atoms with Crippen molar-refractivity contribution in [3.05, 3.63) is 11.6 Å². The first-order valence-corrected chi connectivity index (χ1v) is 5.74. The van der Waals surface area contributed by atoms with E-state index in [2.05, 4.69) is 11.8 Å². The molecule has 1 aliphatic rings. The summed E-state index contributed by atoms with van der Waals surface area (Å²) >= 11 is 0. The van der Waals surface area contributed by atoms with Crippen LogP contribution in [0.15, 0.2) is 11.6 Å². The Kier molecular flexibility index (Phi) is 4.82. The highest BCUT2D eigenvalue weighted by molar-refractivity contribution is 5.80. The van der Waals surface area contributed by atoms with Gasteiger partial charge in [-0.3, -0.25) is 4.90 Å². The molecule has 86 valence electrons. The first-order chi connectivity index (χ1) is 7.11. The van der Waals surface area contributed by atoms with Crippen LogP contribution in [0.25, 0.3) is 0 Å². The zero-order valence-electron chi connectivity index (χ0n) is 9.70. The fraction of sp³-hybridized carbons (Fsp3) is 0.750. The molecule has 0 bridgehead atoms. The number of piperidine rings is 1. The largest absolute Gasteiger partial charge is 0.478 e. The maximum absolute atomic E-state index is 10.5. The highest BCUT2D eigenvalue weighted by atomic mass is 16.4. The third kappa shape index (κ3) is 4.47. The fourth-order valence-electron chi connectivity index (χ4n) is 2.24. The predicted octanol–water partition coefficient (Wildman–Crippen LogP) is 2.14. The second kappa shape index (κ2) is 5.91. The minimum Gasteiger partial charge on any atom is -0.478 e. The second-order valence-electron chi connectivity index (χ2n) is 4.48. The van der Waals surface area contributed by atoms with Crippen molar-refractivity contribution in [3.63, 3.8) is 0 Å². The summed E-state index contributed by atoms with van der Waals surface area (Å²) in [6, 6.07) is 0. The minimum absolute atomic E-state index is 0.802. The van der Waals surface area contributed by atoms with Crippen molar-refractivity contribution >= 4 is 5.97 Å². The lowest BCUT2D eigenvalue weighted by atomic mass is 9.95. The first kappa shape index (κ1) is 12.2. The zero-order chi connectivity index (χ0) is 11.3. The van der Waals surface area contributed by atoms with E-state index in [4.69, 9.17) is 5.11 Å². The number of rotatable bonds is 4. The van der Waals surface area contributed by atoms with Crippen LogP contribution in [0.3, 0.4) is 0 Å². The summed E-state index contributed by atoms with van der Waals surface area (Å²) in [5.74, 6) is -0.0343. The summed E-state index contributed by atoms with van der Waals surface area (Å²) in [6.45, 7) is 7.17. The van der Waals surface area contributed by atoms with E-state index in [-0.39, 0.29) is 0 Å². The van der Waals surface area contributed by atoms with E-state index in [9.17, 15) is 4.79 Å². The smallest absolute Gasteiger partial charge is 0.328 e. The van der Waals surface area contributed by atoms with Crippen LogP contribution in [-0.4, -0.2) is 35.6 Å². The molecule has 0 aromatic carbocycles. The van der Waals surface area contributed by atoms with Gasteiger partial charge in [-0.05, 0) is 32.2 Å². The molecule has 1 atom stereocenters. The number of carbonyl (C=O) groups is 1. The van der Waals surface area contributed by atoms with E-state index in [1.54, 1.807) is 0 Å². The topological polar surface area (TPSA) is 40.5 Å². The van der Waals surface area contributed by atoms with Gasteiger partial charge in [-0.25, -0.2) is 4.79 Å². The molecule has 0 aromatic heterocycles. The van der Waals surface area contributed by atoms with Gasteiger partial charge in [-0.15, -0.1) is 0 Å². The Labute approximate surface area is 91.8 Å². The maximum Gasteiger partial charge on any atom is 0.328 e. The van der Waals surface area contributed by atoms with Crippen LogP contribution < -0.4 is 0 Å². The molecule has 0 spiro atoms. The highest BCUT2D eigenvalue weighted by Gasteiger charge is 2.18. The average Bonchev–Trinajstić information content (AvgIpc) is 2.16. The van der Waals surface area contributed by atoms with Crippen molar-refractivity contribution in [1.29, 1.82) is 0 Å². The number of aliphatic carboxylic acids is 1. The van der Waals surface area contributed by atoms with Crippen LogP contribution >= 0.6 is 0 Å². The molecule has 3 nitrogen and oxygen atoms in total.